The fourth-order valence-electron chi connectivity index (χ4n) is 2.67. The third-order valence-corrected chi connectivity index (χ3v) is 3.88. The lowest BCUT2D eigenvalue weighted by molar-refractivity contribution is 0.0877. The van der Waals surface area contributed by atoms with Crippen LogP contribution in [0.25, 0.3) is 11.0 Å². The number of hydrogen-bond donors (Lipinski definition) is 2. The van der Waals surface area contributed by atoms with E-state index >= 15 is 0 Å². The number of hydrogen-bond acceptors (Lipinski definition) is 4. The minimum atomic E-state index is -0.753. The van der Waals surface area contributed by atoms with E-state index in [9.17, 15) is 9.90 Å². The van der Waals surface area contributed by atoms with Crippen molar-refractivity contribution in [1.29, 1.82) is 0 Å². The molecule has 120 valence electrons. The van der Waals surface area contributed by atoms with E-state index in [0.717, 1.165) is 10.9 Å². The van der Waals surface area contributed by atoms with Gasteiger partial charge in [-0.1, -0.05) is 18.2 Å². The van der Waals surface area contributed by atoms with Gasteiger partial charge in [0.1, 0.15) is 17.4 Å². The van der Waals surface area contributed by atoms with Crippen LogP contribution in [0.1, 0.15) is 41.3 Å². The summed E-state index contributed by atoms with van der Waals surface area (Å²) < 4.78 is 10.8. The fraction of sp³-hybridized carbons (Fsp3) is 0.278. The molecule has 23 heavy (non-hydrogen) atoms. The highest BCUT2D eigenvalue weighted by Gasteiger charge is 2.21. The predicted octanol–water partition coefficient (Wildman–Crippen LogP) is 3.58. The van der Waals surface area contributed by atoms with Gasteiger partial charge in [-0.25, -0.2) is 0 Å². The normalized spacial score (nSPS) is 13.9. The van der Waals surface area contributed by atoms with Gasteiger partial charge in [-0.05, 0) is 32.0 Å². The van der Waals surface area contributed by atoms with E-state index in [2.05, 4.69) is 5.32 Å². The molecule has 0 aliphatic carbocycles. The lowest BCUT2D eigenvalue weighted by Gasteiger charge is -2.16. The molecule has 3 aromatic rings. The number of para-hydroxylation sites is 1. The third kappa shape index (κ3) is 3.14. The van der Waals surface area contributed by atoms with Crippen LogP contribution in [0.4, 0.5) is 0 Å². The average Bonchev–Trinajstić information content (AvgIpc) is 3.16. The quantitative estimate of drug-likeness (QED) is 0.755. The molecule has 2 unspecified atom stereocenters. The molecule has 2 aromatic heterocycles. The summed E-state index contributed by atoms with van der Waals surface area (Å²) in [6.07, 6.45) is 1.12. The smallest absolute Gasteiger partial charge is 0.287 e. The van der Waals surface area contributed by atoms with Crippen molar-refractivity contribution in [1.82, 2.24) is 5.32 Å². The number of rotatable bonds is 5. The van der Waals surface area contributed by atoms with Crippen LogP contribution < -0.4 is 5.32 Å². The highest BCUT2D eigenvalue weighted by molar-refractivity contribution is 5.98. The summed E-state index contributed by atoms with van der Waals surface area (Å²) in [7, 11) is 0. The molecule has 3 rings (SSSR count). The van der Waals surface area contributed by atoms with Crippen LogP contribution in [0.3, 0.4) is 0 Å². The van der Waals surface area contributed by atoms with Crippen molar-refractivity contribution in [3.8, 4) is 0 Å². The molecule has 0 fully saturated rings. The minimum Gasteiger partial charge on any atom is -0.467 e. The van der Waals surface area contributed by atoms with E-state index in [1.807, 2.05) is 38.1 Å². The van der Waals surface area contributed by atoms with Crippen LogP contribution in [0.5, 0.6) is 0 Å². The Labute approximate surface area is 133 Å². The summed E-state index contributed by atoms with van der Waals surface area (Å²) in [4.78, 5) is 12.4. The first-order valence-corrected chi connectivity index (χ1v) is 7.56. The molecule has 2 N–H and O–H groups in total. The first kappa shape index (κ1) is 15.4. The highest BCUT2D eigenvalue weighted by atomic mass is 16.4. The highest BCUT2D eigenvalue weighted by Crippen LogP contribution is 2.25. The van der Waals surface area contributed by atoms with E-state index in [4.69, 9.17) is 8.83 Å². The van der Waals surface area contributed by atoms with Crippen molar-refractivity contribution in [2.45, 2.75) is 32.4 Å². The van der Waals surface area contributed by atoms with Crippen molar-refractivity contribution in [3.05, 3.63) is 59.7 Å². The van der Waals surface area contributed by atoms with Gasteiger partial charge in [-0.15, -0.1) is 0 Å². The Bertz CT molecular complexity index is 804. The van der Waals surface area contributed by atoms with Gasteiger partial charge in [0.2, 0.25) is 0 Å². The number of benzene rings is 1. The summed E-state index contributed by atoms with van der Waals surface area (Å²) >= 11 is 0. The molecule has 2 heterocycles. The number of carbonyl (C=O) groups is 1. The van der Waals surface area contributed by atoms with E-state index in [0.29, 0.717) is 23.5 Å². The zero-order chi connectivity index (χ0) is 16.4. The molecule has 0 spiro atoms. The van der Waals surface area contributed by atoms with Crippen LogP contribution in [0, 0.1) is 6.92 Å². The van der Waals surface area contributed by atoms with Crippen molar-refractivity contribution >= 4 is 16.9 Å². The van der Waals surface area contributed by atoms with Crippen LogP contribution in [0.2, 0.25) is 0 Å². The predicted molar refractivity (Wildman–Crippen MR) is 86.2 cm³/mol. The number of fused-ring (bicyclic) bond motifs is 1. The molecule has 0 saturated heterocycles. The molecule has 0 radical (unpaired) electrons. The van der Waals surface area contributed by atoms with Gasteiger partial charge in [-0.2, -0.15) is 0 Å². The second-order valence-electron chi connectivity index (χ2n) is 5.69. The summed E-state index contributed by atoms with van der Waals surface area (Å²) in [5.74, 6) is 0.523. The number of aliphatic hydroxyl groups excluding tert-OH is 1. The maximum Gasteiger partial charge on any atom is 0.287 e. The standard InChI is InChI=1S/C18H19NO4/c1-11(10-14(20)16-8-5-9-22-16)19-18(21)17-12(2)13-6-3-4-7-15(13)23-17/h3-9,11,14,20H,10H2,1-2H3,(H,19,21). The largest absolute Gasteiger partial charge is 0.467 e. The molecular formula is C18H19NO4. The van der Waals surface area contributed by atoms with E-state index in [1.54, 1.807) is 12.1 Å². The topological polar surface area (TPSA) is 75.6 Å². The molecule has 1 amide bonds. The van der Waals surface area contributed by atoms with Crippen LogP contribution in [-0.4, -0.2) is 17.1 Å². The third-order valence-electron chi connectivity index (χ3n) is 3.88. The molecule has 0 aliphatic rings. The maximum absolute atomic E-state index is 12.4. The summed E-state index contributed by atoms with van der Waals surface area (Å²) in [6, 6.07) is 10.8. The van der Waals surface area contributed by atoms with Crippen molar-refractivity contribution in [2.24, 2.45) is 0 Å². The molecule has 0 aliphatic heterocycles. The van der Waals surface area contributed by atoms with Crippen LogP contribution in [0.15, 0.2) is 51.5 Å². The van der Waals surface area contributed by atoms with Gasteiger partial charge >= 0.3 is 0 Å². The van der Waals surface area contributed by atoms with Crippen molar-refractivity contribution in [2.75, 3.05) is 0 Å². The van der Waals surface area contributed by atoms with Gasteiger partial charge in [-0.3, -0.25) is 4.79 Å². The zero-order valence-corrected chi connectivity index (χ0v) is 13.1. The van der Waals surface area contributed by atoms with E-state index < -0.39 is 6.10 Å². The summed E-state index contributed by atoms with van der Waals surface area (Å²) in [5.41, 5.74) is 1.51. The lowest BCUT2D eigenvalue weighted by Crippen LogP contribution is -2.33. The first-order valence-electron chi connectivity index (χ1n) is 7.56. The second kappa shape index (κ2) is 6.30. The van der Waals surface area contributed by atoms with Gasteiger partial charge in [0.25, 0.3) is 5.91 Å². The first-order chi connectivity index (χ1) is 11.1. The SMILES string of the molecule is Cc1c(C(=O)NC(C)CC(O)c2ccco2)oc2ccccc12. The second-order valence-corrected chi connectivity index (χ2v) is 5.69. The minimum absolute atomic E-state index is 0.227. The molecule has 0 saturated carbocycles. The molecule has 2 atom stereocenters. The Morgan fingerprint density at radius 2 is 2.04 bits per heavy atom. The molecular weight excluding hydrogens is 294 g/mol. The number of nitrogens with one attached hydrogen (secondary N) is 1. The molecule has 5 nitrogen and oxygen atoms in total. The van der Waals surface area contributed by atoms with Crippen molar-refractivity contribution < 1.29 is 18.7 Å². The monoisotopic (exact) mass is 313 g/mol. The number of aliphatic hydroxyl groups is 1. The van der Waals surface area contributed by atoms with Gasteiger partial charge in [0, 0.05) is 23.4 Å². The van der Waals surface area contributed by atoms with Crippen LogP contribution >= 0.6 is 0 Å². The number of amides is 1. The Kier molecular flexibility index (Phi) is 4.21. The average molecular weight is 313 g/mol. The lowest BCUT2D eigenvalue weighted by atomic mass is 10.1. The molecule has 1 aromatic carbocycles. The number of carbonyl (C=O) groups excluding carboxylic acids is 1. The molecule has 5 heteroatoms. The van der Waals surface area contributed by atoms with E-state index in [-0.39, 0.29) is 11.9 Å². The van der Waals surface area contributed by atoms with Gasteiger partial charge in [0.05, 0.1) is 6.26 Å². The Hall–Kier alpha value is -2.53. The molecule has 0 bridgehead atoms. The van der Waals surface area contributed by atoms with Crippen LogP contribution in [-0.2, 0) is 0 Å². The van der Waals surface area contributed by atoms with E-state index in [1.165, 1.54) is 6.26 Å². The maximum atomic E-state index is 12.4. The van der Waals surface area contributed by atoms with Gasteiger partial charge < -0.3 is 19.3 Å². The Morgan fingerprint density at radius 3 is 2.74 bits per heavy atom. The Morgan fingerprint density at radius 1 is 1.26 bits per heavy atom. The zero-order valence-electron chi connectivity index (χ0n) is 13.1. The van der Waals surface area contributed by atoms with Crippen molar-refractivity contribution in [3.63, 3.8) is 0 Å². The number of furan rings is 2. The summed E-state index contributed by atoms with van der Waals surface area (Å²) in [6.45, 7) is 3.70. The summed E-state index contributed by atoms with van der Waals surface area (Å²) in [5, 5.41) is 13.9. The van der Waals surface area contributed by atoms with Gasteiger partial charge in [0.15, 0.2) is 5.76 Å². The Balaban J connectivity index is 1.69. The number of aryl methyl sites for hydroxylation is 1. The fourth-order valence-corrected chi connectivity index (χ4v) is 2.67.